The molecule has 1 N–H and O–H groups in total. The highest BCUT2D eigenvalue weighted by atomic mass is 16.3. The first-order chi connectivity index (χ1) is 7.79. The summed E-state index contributed by atoms with van der Waals surface area (Å²) in [6.07, 6.45) is 12.1. The molecule has 16 heavy (non-hydrogen) atoms. The Morgan fingerprint density at radius 2 is 1.19 bits per heavy atom. The van der Waals surface area contributed by atoms with Crippen molar-refractivity contribution in [3.63, 3.8) is 0 Å². The zero-order chi connectivity index (χ0) is 11.4. The molecule has 0 saturated heterocycles. The second-order valence-corrected chi connectivity index (χ2v) is 5.30. The highest BCUT2D eigenvalue weighted by Crippen LogP contribution is 2.29. The molecular weight excluding hydrogens is 200 g/mol. The second-order valence-electron chi connectivity index (χ2n) is 5.30. The molecule has 0 spiro atoms. The van der Waals surface area contributed by atoms with Crippen LogP contribution in [0.15, 0.2) is 0 Å². The van der Waals surface area contributed by atoms with E-state index < -0.39 is 6.02 Å². The quantitative estimate of drug-likeness (QED) is 0.566. The summed E-state index contributed by atoms with van der Waals surface area (Å²) in [7, 11) is 0. The molecule has 2 rings (SSSR count). The Labute approximate surface area is 98.3 Å². The van der Waals surface area contributed by atoms with E-state index in [9.17, 15) is 5.11 Å². The van der Waals surface area contributed by atoms with Gasteiger partial charge in [-0.2, -0.15) is 0 Å². The third-order valence-corrected chi connectivity index (χ3v) is 4.17. The van der Waals surface area contributed by atoms with Crippen LogP contribution in [0.25, 0.3) is 0 Å². The molecule has 0 heterocycles. The largest absolute Gasteiger partial charge is 0.336 e. The normalized spacial score (nSPS) is 24.2. The van der Waals surface area contributed by atoms with Crippen molar-refractivity contribution in [3.8, 4) is 0 Å². The molecule has 2 saturated carbocycles. The predicted octanol–water partition coefficient (Wildman–Crippen LogP) is 3.32. The summed E-state index contributed by atoms with van der Waals surface area (Å²) < 4.78 is 0. The zero-order valence-corrected chi connectivity index (χ0v) is 10.1. The molecule has 0 aromatic heterocycles. The van der Waals surface area contributed by atoms with Gasteiger partial charge in [0.15, 0.2) is 0 Å². The summed E-state index contributed by atoms with van der Waals surface area (Å²) in [5, 5.41) is 19.0. The molecule has 3 heteroatoms. The third kappa shape index (κ3) is 2.69. The van der Waals surface area contributed by atoms with Crippen LogP contribution in [0.2, 0.25) is 0 Å². The van der Waals surface area contributed by atoms with Gasteiger partial charge in [-0.3, -0.25) is 0 Å². The van der Waals surface area contributed by atoms with Crippen LogP contribution in [-0.4, -0.2) is 23.0 Å². The lowest BCUT2D eigenvalue weighted by molar-refractivity contribution is 0.119. The van der Waals surface area contributed by atoms with Gasteiger partial charge in [-0.25, -0.2) is 10.5 Å². The van der Waals surface area contributed by atoms with Crippen LogP contribution in [-0.2, 0) is 5.11 Å². The van der Waals surface area contributed by atoms with Gasteiger partial charge in [0.1, 0.15) is 0 Å². The maximum atomic E-state index is 11.5. The Kier molecular flexibility index (Phi) is 4.08. The van der Waals surface area contributed by atoms with Gasteiger partial charge >= 0.3 is 6.02 Å². The molecule has 2 aliphatic carbocycles. The molecule has 1 radical (unpaired) electrons. The van der Waals surface area contributed by atoms with E-state index in [1.54, 1.807) is 0 Å². The highest BCUT2D eigenvalue weighted by Gasteiger charge is 2.31. The summed E-state index contributed by atoms with van der Waals surface area (Å²) in [4.78, 5) is 1.92. The first kappa shape index (κ1) is 11.7. The minimum Gasteiger partial charge on any atom is -0.317 e. The van der Waals surface area contributed by atoms with Gasteiger partial charge in [0, 0.05) is 12.1 Å². The molecule has 0 bridgehead atoms. The number of nitrogens with zero attached hydrogens (tertiary/aromatic N) is 1. The molecule has 2 aliphatic rings. The van der Waals surface area contributed by atoms with Gasteiger partial charge in [0.25, 0.3) is 0 Å². The van der Waals surface area contributed by atoms with Crippen LogP contribution in [0.5, 0.6) is 0 Å². The summed E-state index contributed by atoms with van der Waals surface area (Å²) in [5.41, 5.74) is 0. The standard InChI is InChI=1S/C13H23N2O/c14-13(16)15(11-7-3-1-4-8-11)12-9-5-2-6-10-12/h11-12,14H,1-10H2. The van der Waals surface area contributed by atoms with Gasteiger partial charge in [-0.1, -0.05) is 38.5 Å². The summed E-state index contributed by atoms with van der Waals surface area (Å²) in [6.45, 7) is 0. The van der Waals surface area contributed by atoms with Gasteiger partial charge in [-0.05, 0) is 25.7 Å². The van der Waals surface area contributed by atoms with Crippen LogP contribution in [0.1, 0.15) is 64.2 Å². The van der Waals surface area contributed by atoms with E-state index >= 15 is 0 Å². The Bertz CT molecular complexity index is 212. The fraction of sp³-hybridized carbons (Fsp3) is 0.923. The second kappa shape index (κ2) is 5.55. The minimum absolute atomic E-state index is 0.377. The van der Waals surface area contributed by atoms with Crippen LogP contribution >= 0.6 is 0 Å². The van der Waals surface area contributed by atoms with Crippen molar-refractivity contribution >= 4 is 6.02 Å². The van der Waals surface area contributed by atoms with Crippen LogP contribution in [0.4, 0.5) is 0 Å². The van der Waals surface area contributed by atoms with Crippen LogP contribution in [0, 0.1) is 5.41 Å². The lowest BCUT2D eigenvalue weighted by Gasteiger charge is -2.40. The average molecular weight is 223 g/mol. The van der Waals surface area contributed by atoms with Crippen molar-refractivity contribution in [2.24, 2.45) is 0 Å². The zero-order valence-electron chi connectivity index (χ0n) is 10.1. The van der Waals surface area contributed by atoms with E-state index in [1.807, 2.05) is 4.90 Å². The topological polar surface area (TPSA) is 47.0 Å². The molecule has 3 nitrogen and oxygen atoms in total. The van der Waals surface area contributed by atoms with Gasteiger partial charge in [0.2, 0.25) is 0 Å². The molecule has 91 valence electrons. The minimum atomic E-state index is -0.432. The number of amidine groups is 1. The van der Waals surface area contributed by atoms with Crippen LogP contribution < -0.4 is 0 Å². The smallest absolute Gasteiger partial charge is 0.317 e. The molecule has 2 fully saturated rings. The first-order valence-electron chi connectivity index (χ1n) is 6.83. The summed E-state index contributed by atoms with van der Waals surface area (Å²) in [5.74, 6) is 0. The molecule has 0 atom stereocenters. The lowest BCUT2D eigenvalue weighted by atomic mass is 9.89. The highest BCUT2D eigenvalue weighted by molar-refractivity contribution is 5.68. The van der Waals surface area contributed by atoms with Crippen molar-refractivity contribution in [1.29, 1.82) is 5.41 Å². The van der Waals surface area contributed by atoms with E-state index in [0.717, 1.165) is 25.7 Å². The van der Waals surface area contributed by atoms with Gasteiger partial charge < -0.3 is 4.90 Å². The summed E-state index contributed by atoms with van der Waals surface area (Å²) >= 11 is 0. The molecule has 0 aliphatic heterocycles. The summed E-state index contributed by atoms with van der Waals surface area (Å²) in [6, 6.07) is 0.322. The van der Waals surface area contributed by atoms with E-state index in [4.69, 9.17) is 5.41 Å². The van der Waals surface area contributed by atoms with E-state index in [-0.39, 0.29) is 0 Å². The van der Waals surface area contributed by atoms with Gasteiger partial charge in [0.05, 0.1) is 0 Å². The fourth-order valence-electron chi connectivity index (χ4n) is 3.35. The number of hydrogen-bond donors (Lipinski definition) is 1. The SMILES string of the molecule is N=C([O])N(C1CCCCC1)C1CCCCC1. The van der Waals surface area contributed by atoms with Crippen molar-refractivity contribution in [3.05, 3.63) is 0 Å². The van der Waals surface area contributed by atoms with E-state index in [0.29, 0.717) is 12.1 Å². The number of nitrogens with one attached hydrogen (secondary N) is 1. The van der Waals surface area contributed by atoms with Crippen molar-refractivity contribution in [2.45, 2.75) is 76.3 Å². The van der Waals surface area contributed by atoms with Crippen molar-refractivity contribution < 1.29 is 5.11 Å². The number of hydrogen-bond acceptors (Lipinski definition) is 1. The molecule has 0 unspecified atom stereocenters. The molecule has 0 aromatic carbocycles. The Balaban J connectivity index is 1.99. The first-order valence-corrected chi connectivity index (χ1v) is 6.83. The van der Waals surface area contributed by atoms with E-state index in [2.05, 4.69) is 0 Å². The monoisotopic (exact) mass is 223 g/mol. The van der Waals surface area contributed by atoms with Crippen molar-refractivity contribution in [1.82, 2.24) is 4.90 Å². The molecule has 0 amide bonds. The fourth-order valence-corrected chi connectivity index (χ4v) is 3.35. The van der Waals surface area contributed by atoms with E-state index in [1.165, 1.54) is 38.5 Å². The maximum Gasteiger partial charge on any atom is 0.336 e. The van der Waals surface area contributed by atoms with Crippen molar-refractivity contribution in [2.75, 3.05) is 0 Å². The predicted molar refractivity (Wildman–Crippen MR) is 64.0 cm³/mol. The Hall–Kier alpha value is -0.730. The Morgan fingerprint density at radius 1 is 0.812 bits per heavy atom. The molecular formula is C13H23N2O. The third-order valence-electron chi connectivity index (χ3n) is 4.17. The van der Waals surface area contributed by atoms with Crippen LogP contribution in [0.3, 0.4) is 0 Å². The maximum absolute atomic E-state index is 11.5. The van der Waals surface area contributed by atoms with Gasteiger partial charge in [-0.15, -0.1) is 0 Å². The molecule has 0 aromatic rings. The Morgan fingerprint density at radius 3 is 1.50 bits per heavy atom. The number of rotatable bonds is 2. The lowest BCUT2D eigenvalue weighted by Crippen LogP contribution is -2.48. The average Bonchev–Trinajstić information content (AvgIpc) is 2.31.